The van der Waals surface area contributed by atoms with Gasteiger partial charge >= 0.3 is 5.97 Å². The average molecular weight is 316 g/mol. The Balaban J connectivity index is 1.90. The van der Waals surface area contributed by atoms with E-state index in [2.05, 4.69) is 26.5 Å². The number of ether oxygens (including phenoxy) is 1. The first-order chi connectivity index (χ1) is 10.9. The lowest BCUT2D eigenvalue weighted by molar-refractivity contribution is -0.135. The minimum absolute atomic E-state index is 0.00530. The van der Waals surface area contributed by atoms with Gasteiger partial charge in [0.2, 0.25) is 0 Å². The molecule has 1 N–H and O–H groups in total. The summed E-state index contributed by atoms with van der Waals surface area (Å²) < 4.78 is 4.98. The lowest BCUT2D eigenvalue weighted by Crippen LogP contribution is -2.51. The van der Waals surface area contributed by atoms with Gasteiger partial charge in [0.25, 0.3) is 0 Å². The lowest BCUT2D eigenvalue weighted by atomic mass is 9.47. The Bertz CT molecular complexity index is 573. The minimum atomic E-state index is -0.229. The number of fused-ring (bicyclic) bond motifs is 1. The van der Waals surface area contributed by atoms with Crippen LogP contribution in [0, 0.1) is 22.7 Å². The van der Waals surface area contributed by atoms with Crippen molar-refractivity contribution in [3.8, 4) is 0 Å². The Labute approximate surface area is 139 Å². The van der Waals surface area contributed by atoms with Gasteiger partial charge in [-0.3, -0.25) is 0 Å². The number of carbonyl (C=O) groups excluding carboxylic acids is 1. The molecule has 3 nitrogen and oxygen atoms in total. The van der Waals surface area contributed by atoms with Crippen LogP contribution in [0.4, 0.5) is 0 Å². The Morgan fingerprint density at radius 1 is 1.43 bits per heavy atom. The van der Waals surface area contributed by atoms with E-state index in [0.717, 1.165) is 32.1 Å². The molecule has 0 amide bonds. The predicted octanol–water partition coefficient (Wildman–Crippen LogP) is 3.80. The van der Waals surface area contributed by atoms with Gasteiger partial charge in [-0.15, -0.1) is 0 Å². The van der Waals surface area contributed by atoms with Crippen LogP contribution in [0.5, 0.6) is 0 Å². The van der Waals surface area contributed by atoms with Gasteiger partial charge in [0.05, 0.1) is 5.57 Å². The van der Waals surface area contributed by atoms with Crippen molar-refractivity contribution >= 4 is 5.97 Å². The van der Waals surface area contributed by atoms with Crippen LogP contribution in [0.2, 0.25) is 0 Å². The van der Waals surface area contributed by atoms with Crippen molar-refractivity contribution in [1.29, 1.82) is 0 Å². The summed E-state index contributed by atoms with van der Waals surface area (Å²) in [6.07, 6.45) is 11.4. The van der Waals surface area contributed by atoms with Crippen LogP contribution in [-0.4, -0.2) is 24.3 Å². The summed E-state index contributed by atoms with van der Waals surface area (Å²) in [4.78, 5) is 11.6. The van der Waals surface area contributed by atoms with E-state index in [1.807, 2.05) is 12.2 Å². The molecule has 2 saturated carbocycles. The topological polar surface area (TPSA) is 46.5 Å². The fraction of sp³-hybridized carbons (Fsp3) is 0.650. The number of allylic oxidation sites excluding steroid dienone is 2. The number of carbonyl (C=O) groups is 1. The third-order valence-electron chi connectivity index (χ3n) is 6.59. The normalized spacial score (nSPS) is 40.9. The Hall–Kier alpha value is -1.35. The van der Waals surface area contributed by atoms with E-state index in [9.17, 15) is 9.90 Å². The molecule has 0 aromatic rings. The van der Waals surface area contributed by atoms with Crippen molar-refractivity contribution in [2.45, 2.75) is 46.0 Å². The van der Waals surface area contributed by atoms with Gasteiger partial charge in [-0.2, -0.15) is 0 Å². The van der Waals surface area contributed by atoms with Crippen molar-refractivity contribution in [2.24, 2.45) is 22.7 Å². The van der Waals surface area contributed by atoms with Gasteiger partial charge < -0.3 is 9.84 Å². The molecule has 0 aromatic carbocycles. The van der Waals surface area contributed by atoms with Crippen molar-refractivity contribution in [3.63, 3.8) is 0 Å². The minimum Gasteiger partial charge on any atom is -0.458 e. The summed E-state index contributed by atoms with van der Waals surface area (Å²) in [7, 11) is 0. The Morgan fingerprint density at radius 2 is 2.22 bits per heavy atom. The molecule has 3 aliphatic rings. The lowest BCUT2D eigenvalue weighted by Gasteiger charge is -2.57. The second-order valence-corrected chi connectivity index (χ2v) is 8.02. The molecule has 0 saturated heterocycles. The smallest absolute Gasteiger partial charge is 0.338 e. The fourth-order valence-electron chi connectivity index (χ4n) is 5.27. The zero-order chi connectivity index (χ0) is 16.7. The maximum Gasteiger partial charge on any atom is 0.338 e. The van der Waals surface area contributed by atoms with Gasteiger partial charge in [0.15, 0.2) is 0 Å². The summed E-state index contributed by atoms with van der Waals surface area (Å²) in [6, 6.07) is 0. The third kappa shape index (κ3) is 2.69. The molecule has 23 heavy (non-hydrogen) atoms. The molecule has 2 aliphatic carbocycles. The number of rotatable bonds is 3. The number of aliphatic hydroxyl groups excluding tert-OH is 1. The molecule has 0 spiro atoms. The van der Waals surface area contributed by atoms with Crippen molar-refractivity contribution in [1.82, 2.24) is 0 Å². The van der Waals surface area contributed by atoms with E-state index in [-0.39, 0.29) is 29.3 Å². The summed E-state index contributed by atoms with van der Waals surface area (Å²) >= 11 is 0. The molecule has 0 radical (unpaired) electrons. The SMILES string of the molecule is C=C1CC[C@@H]2[C@](C)(CO)CCC[C@@]2(C)[C@@H]1/C=C/C1=CCOC1=O. The van der Waals surface area contributed by atoms with Crippen molar-refractivity contribution in [2.75, 3.05) is 13.2 Å². The molecule has 3 rings (SSSR count). The highest BCUT2D eigenvalue weighted by Crippen LogP contribution is 2.61. The highest BCUT2D eigenvalue weighted by Gasteiger charge is 2.53. The highest BCUT2D eigenvalue weighted by atomic mass is 16.5. The maximum absolute atomic E-state index is 11.6. The Morgan fingerprint density at radius 3 is 2.87 bits per heavy atom. The van der Waals surface area contributed by atoms with Crippen molar-refractivity contribution in [3.05, 3.63) is 36.0 Å². The monoisotopic (exact) mass is 316 g/mol. The summed E-state index contributed by atoms with van der Waals surface area (Å²) in [5, 5.41) is 9.98. The second kappa shape index (κ2) is 5.94. The summed E-state index contributed by atoms with van der Waals surface area (Å²) in [6.45, 7) is 9.55. The van der Waals surface area contributed by atoms with Crippen LogP contribution in [0.3, 0.4) is 0 Å². The van der Waals surface area contributed by atoms with Crippen LogP contribution in [0.25, 0.3) is 0 Å². The molecule has 2 fully saturated rings. The number of cyclic esters (lactones) is 1. The molecule has 1 heterocycles. The number of hydrogen-bond donors (Lipinski definition) is 1. The summed E-state index contributed by atoms with van der Waals surface area (Å²) in [5.41, 5.74) is 2.04. The van der Waals surface area contributed by atoms with E-state index in [0.29, 0.717) is 18.1 Å². The molecule has 1 aliphatic heterocycles. The highest BCUT2D eigenvalue weighted by molar-refractivity contribution is 5.93. The first-order valence-electron chi connectivity index (χ1n) is 8.75. The van der Waals surface area contributed by atoms with Gasteiger partial charge in [0.1, 0.15) is 6.61 Å². The average Bonchev–Trinajstić information content (AvgIpc) is 2.91. The predicted molar refractivity (Wildman–Crippen MR) is 90.7 cm³/mol. The maximum atomic E-state index is 11.6. The number of aliphatic hydroxyl groups is 1. The van der Waals surface area contributed by atoms with Crippen LogP contribution >= 0.6 is 0 Å². The van der Waals surface area contributed by atoms with E-state index >= 15 is 0 Å². The second-order valence-electron chi connectivity index (χ2n) is 8.02. The largest absolute Gasteiger partial charge is 0.458 e. The van der Waals surface area contributed by atoms with Gasteiger partial charge in [-0.05, 0) is 48.5 Å². The van der Waals surface area contributed by atoms with E-state index in [4.69, 9.17) is 4.74 Å². The molecular weight excluding hydrogens is 288 g/mol. The van der Waals surface area contributed by atoms with Crippen LogP contribution < -0.4 is 0 Å². The van der Waals surface area contributed by atoms with Gasteiger partial charge in [-0.1, -0.05) is 44.6 Å². The molecule has 126 valence electrons. The quantitative estimate of drug-likeness (QED) is 0.636. The number of esters is 1. The molecule has 0 unspecified atom stereocenters. The first-order valence-corrected chi connectivity index (χ1v) is 8.75. The molecular formula is C20H28O3. The molecule has 3 heteroatoms. The van der Waals surface area contributed by atoms with E-state index < -0.39 is 0 Å². The van der Waals surface area contributed by atoms with E-state index in [1.165, 1.54) is 5.57 Å². The Kier molecular flexibility index (Phi) is 4.26. The first kappa shape index (κ1) is 16.5. The zero-order valence-corrected chi connectivity index (χ0v) is 14.3. The molecule has 0 aromatic heterocycles. The molecule has 4 atom stereocenters. The fourth-order valence-corrected chi connectivity index (χ4v) is 5.27. The standard InChI is InChI=1S/C20H28O3/c1-14-5-8-17-19(2,13-21)10-4-11-20(17,3)16(14)7-6-15-9-12-23-18(15)22/h6-7,9,16-17,21H,1,4-5,8,10-13H2,2-3H3/b7-6+/t16-,17-,19+,20+/m1/s1. The van der Waals surface area contributed by atoms with Crippen LogP contribution in [0.15, 0.2) is 36.0 Å². The van der Waals surface area contributed by atoms with Gasteiger partial charge in [0, 0.05) is 12.5 Å². The van der Waals surface area contributed by atoms with Crippen molar-refractivity contribution < 1.29 is 14.6 Å². The summed E-state index contributed by atoms with van der Waals surface area (Å²) in [5.74, 6) is 0.536. The van der Waals surface area contributed by atoms with Crippen LogP contribution in [-0.2, 0) is 9.53 Å². The van der Waals surface area contributed by atoms with Gasteiger partial charge in [-0.25, -0.2) is 4.79 Å². The number of hydrogen-bond acceptors (Lipinski definition) is 3. The van der Waals surface area contributed by atoms with Crippen LogP contribution in [0.1, 0.15) is 46.0 Å². The molecule has 0 bridgehead atoms. The van der Waals surface area contributed by atoms with E-state index in [1.54, 1.807) is 0 Å². The zero-order valence-electron chi connectivity index (χ0n) is 14.3. The third-order valence-corrected chi connectivity index (χ3v) is 6.59.